The number of carbonyl (C=O) groups is 2. The van der Waals surface area contributed by atoms with Crippen LogP contribution < -0.4 is 10.1 Å². The first-order valence-corrected chi connectivity index (χ1v) is 10.5. The first kappa shape index (κ1) is 21.4. The highest BCUT2D eigenvalue weighted by Crippen LogP contribution is 2.36. The Balaban J connectivity index is 1.78. The SMILES string of the molecule is COc1ccccc1C1=C(Nc2ccc(C)c(C)c2)C(=O)N(Cc2ccc(C)cc2)C1=O. The second-order valence-corrected chi connectivity index (χ2v) is 8.06. The third-order valence-electron chi connectivity index (χ3n) is 5.78. The summed E-state index contributed by atoms with van der Waals surface area (Å²) < 4.78 is 5.50. The molecule has 0 saturated carbocycles. The van der Waals surface area contributed by atoms with Gasteiger partial charge in [-0.15, -0.1) is 0 Å². The Morgan fingerprint density at radius 2 is 1.56 bits per heavy atom. The summed E-state index contributed by atoms with van der Waals surface area (Å²) in [7, 11) is 1.56. The minimum atomic E-state index is -0.352. The average Bonchev–Trinajstić information content (AvgIpc) is 3.01. The fraction of sp³-hybridized carbons (Fsp3) is 0.185. The van der Waals surface area contributed by atoms with Crippen LogP contribution in [0, 0.1) is 20.8 Å². The van der Waals surface area contributed by atoms with Gasteiger partial charge in [-0.2, -0.15) is 0 Å². The van der Waals surface area contributed by atoms with Crippen LogP contribution in [0.2, 0.25) is 0 Å². The molecule has 32 heavy (non-hydrogen) atoms. The summed E-state index contributed by atoms with van der Waals surface area (Å²) in [6.07, 6.45) is 0. The number of carbonyl (C=O) groups excluding carboxylic acids is 2. The van der Waals surface area contributed by atoms with E-state index in [0.717, 1.165) is 27.9 Å². The van der Waals surface area contributed by atoms with Gasteiger partial charge < -0.3 is 10.1 Å². The molecule has 3 aromatic carbocycles. The Hall–Kier alpha value is -3.86. The molecule has 1 aliphatic rings. The molecule has 3 aromatic rings. The third kappa shape index (κ3) is 4.02. The highest BCUT2D eigenvalue weighted by molar-refractivity contribution is 6.36. The minimum absolute atomic E-state index is 0.203. The van der Waals surface area contributed by atoms with Crippen LogP contribution in [-0.4, -0.2) is 23.8 Å². The van der Waals surface area contributed by atoms with Gasteiger partial charge in [0.25, 0.3) is 11.8 Å². The zero-order chi connectivity index (χ0) is 22.8. The van der Waals surface area contributed by atoms with Crippen LogP contribution in [0.5, 0.6) is 5.75 Å². The molecule has 0 radical (unpaired) electrons. The number of rotatable bonds is 6. The summed E-state index contributed by atoms with van der Waals surface area (Å²) in [6, 6.07) is 21.0. The van der Waals surface area contributed by atoms with Crippen molar-refractivity contribution >= 4 is 23.1 Å². The second-order valence-electron chi connectivity index (χ2n) is 8.06. The highest BCUT2D eigenvalue weighted by atomic mass is 16.5. The molecule has 5 heteroatoms. The molecule has 162 valence electrons. The van der Waals surface area contributed by atoms with E-state index < -0.39 is 0 Å². The van der Waals surface area contributed by atoms with Crippen LogP contribution in [0.4, 0.5) is 5.69 Å². The number of imide groups is 1. The van der Waals surface area contributed by atoms with Gasteiger partial charge in [0.1, 0.15) is 11.4 Å². The van der Waals surface area contributed by atoms with Crippen molar-refractivity contribution in [1.82, 2.24) is 4.90 Å². The summed E-state index contributed by atoms with van der Waals surface area (Å²) in [6.45, 7) is 6.26. The minimum Gasteiger partial charge on any atom is -0.496 e. The van der Waals surface area contributed by atoms with Crippen LogP contribution in [0.25, 0.3) is 5.57 Å². The van der Waals surface area contributed by atoms with E-state index >= 15 is 0 Å². The van der Waals surface area contributed by atoms with Gasteiger partial charge in [-0.1, -0.05) is 54.1 Å². The van der Waals surface area contributed by atoms with E-state index in [2.05, 4.69) is 5.32 Å². The fourth-order valence-corrected chi connectivity index (χ4v) is 3.78. The monoisotopic (exact) mass is 426 g/mol. The topological polar surface area (TPSA) is 58.6 Å². The molecule has 2 amide bonds. The lowest BCUT2D eigenvalue weighted by molar-refractivity contribution is -0.137. The van der Waals surface area contributed by atoms with E-state index in [1.807, 2.05) is 75.4 Å². The molecule has 0 spiro atoms. The number of nitrogens with one attached hydrogen (secondary N) is 1. The van der Waals surface area contributed by atoms with Gasteiger partial charge in [0.2, 0.25) is 0 Å². The van der Waals surface area contributed by atoms with Crippen LogP contribution in [0.3, 0.4) is 0 Å². The van der Waals surface area contributed by atoms with E-state index in [9.17, 15) is 9.59 Å². The van der Waals surface area contributed by atoms with Crippen LogP contribution >= 0.6 is 0 Å². The largest absolute Gasteiger partial charge is 0.496 e. The maximum atomic E-state index is 13.5. The number of amides is 2. The molecule has 0 saturated heterocycles. The van der Waals surface area contributed by atoms with E-state index in [4.69, 9.17) is 4.74 Å². The average molecular weight is 427 g/mol. The van der Waals surface area contributed by atoms with Crippen LogP contribution in [0.1, 0.15) is 27.8 Å². The Morgan fingerprint density at radius 1 is 0.844 bits per heavy atom. The van der Waals surface area contributed by atoms with Gasteiger partial charge in [-0.25, -0.2) is 0 Å². The molecule has 0 aliphatic carbocycles. The summed E-state index contributed by atoms with van der Waals surface area (Å²) >= 11 is 0. The summed E-state index contributed by atoms with van der Waals surface area (Å²) in [5.74, 6) is -0.152. The Kier molecular flexibility index (Phi) is 5.82. The van der Waals surface area contributed by atoms with Gasteiger partial charge in [-0.3, -0.25) is 14.5 Å². The molecule has 1 aliphatic heterocycles. The highest BCUT2D eigenvalue weighted by Gasteiger charge is 2.40. The molecular weight excluding hydrogens is 400 g/mol. The van der Waals surface area contributed by atoms with Crippen LogP contribution in [-0.2, 0) is 16.1 Å². The Morgan fingerprint density at radius 3 is 2.25 bits per heavy atom. The quantitative estimate of drug-likeness (QED) is 0.563. The molecule has 0 unspecified atom stereocenters. The fourth-order valence-electron chi connectivity index (χ4n) is 3.78. The molecule has 0 aromatic heterocycles. The third-order valence-corrected chi connectivity index (χ3v) is 5.78. The maximum absolute atomic E-state index is 13.5. The molecular formula is C27H26N2O3. The molecule has 0 bridgehead atoms. The predicted molar refractivity (Wildman–Crippen MR) is 126 cm³/mol. The molecule has 0 atom stereocenters. The molecule has 5 nitrogen and oxygen atoms in total. The molecule has 4 rings (SSSR count). The van der Waals surface area contributed by atoms with Crippen LogP contribution in [0.15, 0.2) is 72.4 Å². The normalized spacial score (nSPS) is 13.7. The van der Waals surface area contributed by atoms with Gasteiger partial charge >= 0.3 is 0 Å². The molecule has 0 fully saturated rings. The zero-order valence-electron chi connectivity index (χ0n) is 18.7. The van der Waals surface area contributed by atoms with E-state index in [1.54, 1.807) is 19.2 Å². The number of aryl methyl sites for hydroxylation is 3. The Labute approximate surface area is 188 Å². The first-order valence-electron chi connectivity index (χ1n) is 10.5. The van der Waals surface area contributed by atoms with Crippen molar-refractivity contribution in [2.24, 2.45) is 0 Å². The molecule has 1 N–H and O–H groups in total. The van der Waals surface area contributed by atoms with Crippen molar-refractivity contribution in [2.45, 2.75) is 27.3 Å². The van der Waals surface area contributed by atoms with Gasteiger partial charge in [0, 0.05) is 11.3 Å². The van der Waals surface area contributed by atoms with Crippen molar-refractivity contribution in [1.29, 1.82) is 0 Å². The van der Waals surface area contributed by atoms with E-state index in [-0.39, 0.29) is 24.1 Å². The number of hydrogen-bond acceptors (Lipinski definition) is 4. The lowest BCUT2D eigenvalue weighted by Crippen LogP contribution is -2.32. The van der Waals surface area contributed by atoms with Gasteiger partial charge in [0.05, 0.1) is 19.2 Å². The number of anilines is 1. The number of ether oxygens (including phenoxy) is 1. The standard InChI is InChI=1S/C27H26N2O3/c1-17-9-12-20(13-10-17)16-29-26(30)24(22-7-5-6-8-23(22)32-4)25(27(29)31)28-21-14-11-18(2)19(3)15-21/h5-15,28H,16H2,1-4H3. The van der Waals surface area contributed by atoms with Crippen molar-refractivity contribution in [3.63, 3.8) is 0 Å². The number of nitrogens with zero attached hydrogens (tertiary/aromatic N) is 1. The summed E-state index contributed by atoms with van der Waals surface area (Å²) in [4.78, 5) is 28.3. The Bertz CT molecular complexity index is 1230. The van der Waals surface area contributed by atoms with Crippen molar-refractivity contribution in [3.8, 4) is 5.75 Å². The molecule has 1 heterocycles. The first-order chi connectivity index (χ1) is 15.4. The predicted octanol–water partition coefficient (Wildman–Crippen LogP) is 5.01. The number of methoxy groups -OCH3 is 1. The van der Waals surface area contributed by atoms with Gasteiger partial charge in [0.15, 0.2) is 0 Å². The maximum Gasteiger partial charge on any atom is 0.278 e. The zero-order valence-corrected chi connectivity index (χ0v) is 18.7. The van der Waals surface area contributed by atoms with Crippen molar-refractivity contribution in [2.75, 3.05) is 12.4 Å². The summed E-state index contributed by atoms with van der Waals surface area (Å²) in [5.41, 5.74) is 6.20. The lowest BCUT2D eigenvalue weighted by Gasteiger charge is -2.16. The summed E-state index contributed by atoms with van der Waals surface area (Å²) in [5, 5.41) is 3.23. The number of benzene rings is 3. The van der Waals surface area contributed by atoms with E-state index in [0.29, 0.717) is 16.9 Å². The number of hydrogen-bond donors (Lipinski definition) is 1. The smallest absolute Gasteiger partial charge is 0.278 e. The van der Waals surface area contributed by atoms with Crippen molar-refractivity contribution in [3.05, 3.63) is 100 Å². The number of para-hydroxylation sites is 1. The lowest BCUT2D eigenvalue weighted by atomic mass is 10.0. The van der Waals surface area contributed by atoms with Gasteiger partial charge in [-0.05, 0) is 55.7 Å². The second kappa shape index (κ2) is 8.71. The van der Waals surface area contributed by atoms with Crippen molar-refractivity contribution < 1.29 is 14.3 Å². The van der Waals surface area contributed by atoms with E-state index in [1.165, 1.54) is 4.90 Å².